The molecule has 0 fully saturated rings. The predicted molar refractivity (Wildman–Crippen MR) is 73.1 cm³/mol. The van der Waals surface area contributed by atoms with Gasteiger partial charge >= 0.3 is 12.0 Å². The highest BCUT2D eigenvalue weighted by molar-refractivity contribution is 5.85. The second-order valence-electron chi connectivity index (χ2n) is 5.36. The van der Waals surface area contributed by atoms with E-state index < -0.39 is 11.5 Å². The molecule has 0 spiro atoms. The first-order valence-corrected chi connectivity index (χ1v) is 6.48. The van der Waals surface area contributed by atoms with Gasteiger partial charge in [0.05, 0.1) is 12.6 Å². The molecule has 0 bridgehead atoms. The number of methoxy groups -OCH3 is 1. The summed E-state index contributed by atoms with van der Waals surface area (Å²) in [5.74, 6) is -0.826. The summed E-state index contributed by atoms with van der Waals surface area (Å²) in [6.45, 7) is 9.45. The normalized spacial score (nSPS) is 13.2. The highest BCUT2D eigenvalue weighted by atomic mass is 16.5. The van der Waals surface area contributed by atoms with Crippen LogP contribution in [0, 0.1) is 5.92 Å². The molecule has 0 aromatic heterocycles. The number of ether oxygens (including phenoxy) is 1. The van der Waals surface area contributed by atoms with Crippen LogP contribution in [-0.2, 0) is 9.53 Å². The molecular formula is C13H26N2O4. The number of carbonyl (C=O) groups is 2. The van der Waals surface area contributed by atoms with E-state index in [0.29, 0.717) is 13.2 Å². The van der Waals surface area contributed by atoms with Gasteiger partial charge in [0.1, 0.15) is 5.54 Å². The summed E-state index contributed by atoms with van der Waals surface area (Å²) in [6.07, 6.45) is 0. The summed E-state index contributed by atoms with van der Waals surface area (Å²) in [5.41, 5.74) is -1.24. The van der Waals surface area contributed by atoms with Crippen molar-refractivity contribution in [2.75, 3.05) is 20.3 Å². The fourth-order valence-corrected chi connectivity index (χ4v) is 1.73. The lowest BCUT2D eigenvalue weighted by Crippen LogP contribution is -2.58. The van der Waals surface area contributed by atoms with E-state index >= 15 is 0 Å². The van der Waals surface area contributed by atoms with Gasteiger partial charge in [-0.2, -0.15) is 0 Å². The monoisotopic (exact) mass is 274 g/mol. The van der Waals surface area contributed by atoms with Crippen LogP contribution in [0.15, 0.2) is 0 Å². The second kappa shape index (κ2) is 7.33. The molecular weight excluding hydrogens is 248 g/mol. The third-order valence-electron chi connectivity index (χ3n) is 3.22. The van der Waals surface area contributed by atoms with Gasteiger partial charge in [0, 0.05) is 13.7 Å². The maximum Gasteiger partial charge on any atom is 0.329 e. The number of urea groups is 1. The molecule has 1 unspecified atom stereocenters. The summed E-state index contributed by atoms with van der Waals surface area (Å²) in [4.78, 5) is 24.7. The lowest BCUT2D eigenvalue weighted by molar-refractivity contribution is -0.147. The molecule has 0 rings (SSSR count). The number of carboxylic acid groups (broad SMARTS) is 1. The van der Waals surface area contributed by atoms with Gasteiger partial charge in [-0.05, 0) is 26.7 Å². The summed E-state index contributed by atoms with van der Waals surface area (Å²) in [5, 5.41) is 12.0. The quantitative estimate of drug-likeness (QED) is 0.738. The lowest BCUT2D eigenvalue weighted by atomic mass is 10.0. The number of aliphatic carboxylic acids is 1. The van der Waals surface area contributed by atoms with Gasteiger partial charge in [0.2, 0.25) is 0 Å². The Balaban J connectivity index is 4.90. The number of amides is 2. The van der Waals surface area contributed by atoms with Gasteiger partial charge in [-0.15, -0.1) is 0 Å². The first kappa shape index (κ1) is 17.7. The SMILES string of the molecule is CCN(C(=O)NC(COC)C(C)C)C(C)(C)C(=O)O. The molecule has 6 heteroatoms. The van der Waals surface area contributed by atoms with Gasteiger partial charge in [-0.3, -0.25) is 0 Å². The second-order valence-corrected chi connectivity index (χ2v) is 5.36. The number of carboxylic acids is 1. The van der Waals surface area contributed by atoms with Crippen molar-refractivity contribution in [3.63, 3.8) is 0 Å². The first-order chi connectivity index (χ1) is 8.68. The number of carbonyl (C=O) groups excluding carboxylic acids is 1. The third-order valence-corrected chi connectivity index (χ3v) is 3.22. The Morgan fingerprint density at radius 3 is 2.21 bits per heavy atom. The van der Waals surface area contributed by atoms with Crippen molar-refractivity contribution < 1.29 is 19.4 Å². The number of hydrogen-bond donors (Lipinski definition) is 2. The Hall–Kier alpha value is -1.30. The molecule has 2 N–H and O–H groups in total. The third kappa shape index (κ3) is 4.70. The molecule has 112 valence electrons. The molecule has 1 atom stereocenters. The molecule has 0 saturated heterocycles. The number of hydrogen-bond acceptors (Lipinski definition) is 3. The van der Waals surface area contributed by atoms with Crippen LogP contribution in [-0.4, -0.2) is 53.8 Å². The van der Waals surface area contributed by atoms with Crippen molar-refractivity contribution in [2.24, 2.45) is 5.92 Å². The molecule has 0 aliphatic carbocycles. The maximum atomic E-state index is 12.2. The van der Waals surface area contributed by atoms with Crippen molar-refractivity contribution in [1.29, 1.82) is 0 Å². The highest BCUT2D eigenvalue weighted by Crippen LogP contribution is 2.15. The molecule has 0 heterocycles. The molecule has 0 aliphatic rings. The average molecular weight is 274 g/mol. The molecule has 0 aromatic rings. The van der Waals surface area contributed by atoms with Crippen molar-refractivity contribution in [3.05, 3.63) is 0 Å². The van der Waals surface area contributed by atoms with Crippen LogP contribution in [0.5, 0.6) is 0 Å². The standard InChI is InChI=1S/C13H26N2O4/c1-7-15(13(4,5)11(16)17)12(18)14-10(8-19-6)9(2)3/h9-10H,7-8H2,1-6H3,(H,14,18)(H,16,17). The minimum atomic E-state index is -1.24. The summed E-state index contributed by atoms with van der Waals surface area (Å²) in [7, 11) is 1.57. The Morgan fingerprint density at radius 2 is 1.89 bits per heavy atom. The zero-order chi connectivity index (χ0) is 15.2. The number of nitrogens with zero attached hydrogens (tertiary/aromatic N) is 1. The zero-order valence-electron chi connectivity index (χ0n) is 12.7. The highest BCUT2D eigenvalue weighted by Gasteiger charge is 2.37. The number of rotatable bonds is 7. The van der Waals surface area contributed by atoms with E-state index in [9.17, 15) is 14.7 Å². The summed E-state index contributed by atoms with van der Waals surface area (Å²) in [6, 6.07) is -0.526. The van der Waals surface area contributed by atoms with E-state index in [1.165, 1.54) is 18.7 Å². The van der Waals surface area contributed by atoms with E-state index in [2.05, 4.69) is 5.32 Å². The average Bonchev–Trinajstić information content (AvgIpc) is 2.28. The van der Waals surface area contributed by atoms with Crippen molar-refractivity contribution in [3.8, 4) is 0 Å². The van der Waals surface area contributed by atoms with E-state index in [-0.39, 0.29) is 18.0 Å². The van der Waals surface area contributed by atoms with Crippen LogP contribution < -0.4 is 5.32 Å². The molecule has 0 aliphatic heterocycles. The molecule has 0 saturated carbocycles. The van der Waals surface area contributed by atoms with E-state index in [1.807, 2.05) is 13.8 Å². The molecule has 2 amide bonds. The topological polar surface area (TPSA) is 78.9 Å². The van der Waals surface area contributed by atoms with Gasteiger partial charge in [0.15, 0.2) is 0 Å². The fourth-order valence-electron chi connectivity index (χ4n) is 1.73. The smallest absolute Gasteiger partial charge is 0.329 e. The van der Waals surface area contributed by atoms with Crippen molar-refractivity contribution in [1.82, 2.24) is 10.2 Å². The maximum absolute atomic E-state index is 12.2. The van der Waals surface area contributed by atoms with E-state index in [0.717, 1.165) is 0 Å². The molecule has 19 heavy (non-hydrogen) atoms. The largest absolute Gasteiger partial charge is 0.480 e. The van der Waals surface area contributed by atoms with Crippen LogP contribution >= 0.6 is 0 Å². The number of nitrogens with one attached hydrogen (secondary N) is 1. The van der Waals surface area contributed by atoms with Gasteiger partial charge in [-0.25, -0.2) is 9.59 Å². The minimum Gasteiger partial charge on any atom is -0.480 e. The van der Waals surface area contributed by atoms with Crippen LogP contribution in [0.1, 0.15) is 34.6 Å². The number of likely N-dealkylation sites (N-methyl/N-ethyl adjacent to an activating group) is 1. The van der Waals surface area contributed by atoms with E-state index in [1.54, 1.807) is 14.0 Å². The molecule has 0 radical (unpaired) electrons. The van der Waals surface area contributed by atoms with E-state index in [4.69, 9.17) is 4.74 Å². The molecule has 0 aromatic carbocycles. The fraction of sp³-hybridized carbons (Fsp3) is 0.846. The lowest BCUT2D eigenvalue weighted by Gasteiger charge is -2.36. The predicted octanol–water partition coefficient (Wildman–Crippen LogP) is 1.55. The zero-order valence-corrected chi connectivity index (χ0v) is 12.7. The minimum absolute atomic E-state index is 0.142. The van der Waals surface area contributed by atoms with Gasteiger partial charge < -0.3 is 20.1 Å². The van der Waals surface area contributed by atoms with Crippen LogP contribution in [0.25, 0.3) is 0 Å². The van der Waals surface area contributed by atoms with Crippen molar-refractivity contribution in [2.45, 2.75) is 46.2 Å². The Kier molecular flexibility index (Phi) is 6.83. The van der Waals surface area contributed by atoms with Crippen LogP contribution in [0.4, 0.5) is 4.79 Å². The van der Waals surface area contributed by atoms with Crippen molar-refractivity contribution >= 4 is 12.0 Å². The Bertz CT molecular complexity index is 316. The summed E-state index contributed by atoms with van der Waals surface area (Å²) < 4.78 is 5.06. The first-order valence-electron chi connectivity index (χ1n) is 6.48. The van der Waals surface area contributed by atoms with Crippen LogP contribution in [0.3, 0.4) is 0 Å². The Labute approximate surface area is 115 Å². The van der Waals surface area contributed by atoms with Gasteiger partial charge in [-0.1, -0.05) is 13.8 Å². The summed E-state index contributed by atoms with van der Waals surface area (Å²) >= 11 is 0. The van der Waals surface area contributed by atoms with Crippen LogP contribution in [0.2, 0.25) is 0 Å². The Morgan fingerprint density at radius 1 is 1.37 bits per heavy atom. The molecule has 6 nitrogen and oxygen atoms in total. The van der Waals surface area contributed by atoms with Gasteiger partial charge in [0.25, 0.3) is 0 Å².